The van der Waals surface area contributed by atoms with Crippen molar-refractivity contribution in [1.82, 2.24) is 10.2 Å². The highest BCUT2D eigenvalue weighted by molar-refractivity contribution is 5.78. The Morgan fingerprint density at radius 1 is 1.24 bits per heavy atom. The standard InChI is InChI=1S/C17H28N2O2/c1-5-19(12-17(21)18-13(2)3)14(4)6-7-15-8-10-16(20)11-9-15/h8-11,13-14,20H,5-7,12H2,1-4H3,(H,18,21). The first-order chi connectivity index (χ1) is 9.92. The Hall–Kier alpha value is -1.55. The molecule has 4 heteroatoms. The van der Waals surface area contributed by atoms with E-state index in [1.165, 1.54) is 5.56 Å². The summed E-state index contributed by atoms with van der Waals surface area (Å²) in [6.45, 7) is 9.50. The van der Waals surface area contributed by atoms with Crippen LogP contribution in [0.3, 0.4) is 0 Å². The SMILES string of the molecule is CCN(CC(=O)NC(C)C)C(C)CCc1ccc(O)cc1. The molecule has 1 atom stereocenters. The minimum absolute atomic E-state index is 0.0864. The van der Waals surface area contributed by atoms with Crippen molar-refractivity contribution in [3.63, 3.8) is 0 Å². The maximum absolute atomic E-state index is 11.9. The highest BCUT2D eigenvalue weighted by Crippen LogP contribution is 2.13. The fourth-order valence-corrected chi connectivity index (χ4v) is 2.35. The highest BCUT2D eigenvalue weighted by Gasteiger charge is 2.16. The monoisotopic (exact) mass is 292 g/mol. The molecule has 0 aliphatic heterocycles. The van der Waals surface area contributed by atoms with Gasteiger partial charge in [0.25, 0.3) is 0 Å². The summed E-state index contributed by atoms with van der Waals surface area (Å²) in [4.78, 5) is 14.1. The van der Waals surface area contributed by atoms with E-state index in [1.54, 1.807) is 12.1 Å². The second-order valence-electron chi connectivity index (χ2n) is 5.84. The summed E-state index contributed by atoms with van der Waals surface area (Å²) in [5.41, 5.74) is 1.21. The second-order valence-corrected chi connectivity index (χ2v) is 5.84. The van der Waals surface area contributed by atoms with Crippen molar-refractivity contribution in [1.29, 1.82) is 0 Å². The Balaban J connectivity index is 2.45. The number of aryl methyl sites for hydroxylation is 1. The number of nitrogens with one attached hydrogen (secondary N) is 1. The number of hydrogen-bond acceptors (Lipinski definition) is 3. The van der Waals surface area contributed by atoms with Crippen LogP contribution in [0.4, 0.5) is 0 Å². The van der Waals surface area contributed by atoms with Gasteiger partial charge in [-0.3, -0.25) is 9.69 Å². The Morgan fingerprint density at radius 2 is 1.86 bits per heavy atom. The van der Waals surface area contributed by atoms with Crippen LogP contribution in [0.25, 0.3) is 0 Å². The molecule has 1 aromatic rings. The van der Waals surface area contributed by atoms with E-state index in [-0.39, 0.29) is 11.9 Å². The van der Waals surface area contributed by atoms with Crippen molar-refractivity contribution in [3.8, 4) is 5.75 Å². The number of hydrogen-bond donors (Lipinski definition) is 2. The average molecular weight is 292 g/mol. The average Bonchev–Trinajstić information content (AvgIpc) is 2.43. The molecule has 0 fully saturated rings. The lowest BCUT2D eigenvalue weighted by molar-refractivity contribution is -0.123. The van der Waals surface area contributed by atoms with E-state index in [4.69, 9.17) is 0 Å². The minimum Gasteiger partial charge on any atom is -0.508 e. The van der Waals surface area contributed by atoms with Crippen LogP contribution in [0.5, 0.6) is 5.75 Å². The van der Waals surface area contributed by atoms with Gasteiger partial charge < -0.3 is 10.4 Å². The Labute approximate surface area is 128 Å². The first kappa shape index (κ1) is 17.5. The van der Waals surface area contributed by atoms with E-state index in [0.717, 1.165) is 19.4 Å². The number of nitrogens with zero attached hydrogens (tertiary/aromatic N) is 1. The molecule has 0 saturated heterocycles. The lowest BCUT2D eigenvalue weighted by Crippen LogP contribution is -2.43. The summed E-state index contributed by atoms with van der Waals surface area (Å²) >= 11 is 0. The zero-order valence-electron chi connectivity index (χ0n) is 13.6. The van der Waals surface area contributed by atoms with Crippen LogP contribution < -0.4 is 5.32 Å². The highest BCUT2D eigenvalue weighted by atomic mass is 16.3. The molecule has 0 aromatic heterocycles. The topological polar surface area (TPSA) is 52.6 Å². The van der Waals surface area contributed by atoms with E-state index in [9.17, 15) is 9.90 Å². The number of carbonyl (C=O) groups excluding carboxylic acids is 1. The van der Waals surface area contributed by atoms with Gasteiger partial charge in [0.2, 0.25) is 5.91 Å². The minimum atomic E-state index is 0.0864. The molecule has 1 amide bonds. The lowest BCUT2D eigenvalue weighted by atomic mass is 10.0. The van der Waals surface area contributed by atoms with Gasteiger partial charge >= 0.3 is 0 Å². The number of phenolic OH excluding ortho intramolecular Hbond substituents is 1. The van der Waals surface area contributed by atoms with Gasteiger partial charge in [0, 0.05) is 12.1 Å². The smallest absolute Gasteiger partial charge is 0.234 e. The third kappa shape index (κ3) is 6.63. The molecule has 0 saturated carbocycles. The zero-order chi connectivity index (χ0) is 15.8. The van der Waals surface area contributed by atoms with Gasteiger partial charge in [-0.05, 0) is 57.9 Å². The van der Waals surface area contributed by atoms with Crippen LogP contribution in [-0.4, -0.2) is 41.1 Å². The summed E-state index contributed by atoms with van der Waals surface area (Å²) in [6, 6.07) is 7.86. The number of phenols is 1. The second kappa shape index (κ2) is 8.67. The Kier molecular flexibility index (Phi) is 7.23. The maximum atomic E-state index is 11.9. The van der Waals surface area contributed by atoms with Gasteiger partial charge in [-0.25, -0.2) is 0 Å². The summed E-state index contributed by atoms with van der Waals surface area (Å²) < 4.78 is 0. The number of benzene rings is 1. The quantitative estimate of drug-likeness (QED) is 0.774. The molecule has 118 valence electrons. The lowest BCUT2D eigenvalue weighted by Gasteiger charge is -2.27. The molecule has 0 heterocycles. The fourth-order valence-electron chi connectivity index (χ4n) is 2.35. The number of rotatable bonds is 8. The molecule has 1 unspecified atom stereocenters. The molecule has 0 bridgehead atoms. The summed E-state index contributed by atoms with van der Waals surface area (Å²) in [7, 11) is 0. The van der Waals surface area contributed by atoms with Crippen molar-refractivity contribution >= 4 is 5.91 Å². The summed E-state index contributed by atoms with van der Waals surface area (Å²) in [5.74, 6) is 0.385. The molecule has 0 spiro atoms. The molecular weight excluding hydrogens is 264 g/mol. The Morgan fingerprint density at radius 3 is 2.38 bits per heavy atom. The molecule has 21 heavy (non-hydrogen) atoms. The van der Waals surface area contributed by atoms with Gasteiger partial charge in [-0.1, -0.05) is 19.1 Å². The number of amides is 1. The van der Waals surface area contributed by atoms with Crippen LogP contribution in [0, 0.1) is 0 Å². The van der Waals surface area contributed by atoms with Gasteiger partial charge in [-0.15, -0.1) is 0 Å². The largest absolute Gasteiger partial charge is 0.508 e. The van der Waals surface area contributed by atoms with Crippen LogP contribution in [0.15, 0.2) is 24.3 Å². The van der Waals surface area contributed by atoms with E-state index < -0.39 is 0 Å². The third-order valence-corrected chi connectivity index (χ3v) is 3.61. The van der Waals surface area contributed by atoms with Crippen LogP contribution in [-0.2, 0) is 11.2 Å². The van der Waals surface area contributed by atoms with Crippen LogP contribution in [0.1, 0.15) is 39.7 Å². The molecule has 4 nitrogen and oxygen atoms in total. The molecule has 0 aliphatic carbocycles. The van der Waals surface area contributed by atoms with Gasteiger partial charge in [-0.2, -0.15) is 0 Å². The predicted octanol–water partition coefficient (Wildman–Crippen LogP) is 2.56. The summed E-state index contributed by atoms with van der Waals surface area (Å²) in [6.07, 6.45) is 1.94. The molecule has 0 radical (unpaired) electrons. The molecule has 2 N–H and O–H groups in total. The van der Waals surface area contributed by atoms with Crippen LogP contribution in [0.2, 0.25) is 0 Å². The predicted molar refractivity (Wildman–Crippen MR) is 86.4 cm³/mol. The maximum Gasteiger partial charge on any atom is 0.234 e. The third-order valence-electron chi connectivity index (χ3n) is 3.61. The Bertz CT molecular complexity index is 429. The molecule has 1 aromatic carbocycles. The van der Waals surface area contributed by atoms with Crippen LogP contribution >= 0.6 is 0 Å². The van der Waals surface area contributed by atoms with E-state index in [2.05, 4.69) is 24.1 Å². The van der Waals surface area contributed by atoms with Gasteiger partial charge in [0.15, 0.2) is 0 Å². The number of likely N-dealkylation sites (N-methyl/N-ethyl adjacent to an activating group) is 1. The molecule has 1 rings (SSSR count). The van der Waals surface area contributed by atoms with Crippen molar-refractivity contribution in [2.75, 3.05) is 13.1 Å². The van der Waals surface area contributed by atoms with Gasteiger partial charge in [0.05, 0.1) is 6.54 Å². The van der Waals surface area contributed by atoms with Gasteiger partial charge in [0.1, 0.15) is 5.75 Å². The van der Waals surface area contributed by atoms with E-state index >= 15 is 0 Å². The van der Waals surface area contributed by atoms with E-state index in [1.807, 2.05) is 26.0 Å². The fraction of sp³-hybridized carbons (Fsp3) is 0.588. The summed E-state index contributed by atoms with van der Waals surface area (Å²) in [5, 5.41) is 12.2. The van der Waals surface area contributed by atoms with Crippen molar-refractivity contribution < 1.29 is 9.90 Å². The first-order valence-electron chi connectivity index (χ1n) is 7.73. The first-order valence-corrected chi connectivity index (χ1v) is 7.73. The number of carbonyl (C=O) groups is 1. The molecular formula is C17H28N2O2. The van der Waals surface area contributed by atoms with Crippen molar-refractivity contribution in [3.05, 3.63) is 29.8 Å². The van der Waals surface area contributed by atoms with E-state index in [0.29, 0.717) is 18.3 Å². The van der Waals surface area contributed by atoms with Crippen molar-refractivity contribution in [2.45, 2.75) is 52.6 Å². The zero-order valence-corrected chi connectivity index (χ0v) is 13.6. The normalized spacial score (nSPS) is 12.7. The van der Waals surface area contributed by atoms with Crippen molar-refractivity contribution in [2.24, 2.45) is 0 Å². The molecule has 0 aliphatic rings. The number of aromatic hydroxyl groups is 1.